The van der Waals surface area contributed by atoms with E-state index in [0.29, 0.717) is 0 Å². The number of fused-ring (bicyclic) bond motifs is 1. The van der Waals surface area contributed by atoms with Gasteiger partial charge in [0.2, 0.25) is 0 Å². The molecule has 1 N–H and O–H groups in total. The minimum absolute atomic E-state index is 0.0767. The Hall–Kier alpha value is -0.0400. The van der Waals surface area contributed by atoms with Crippen molar-refractivity contribution in [2.45, 2.75) is 44.6 Å². The lowest BCUT2D eigenvalue weighted by Gasteiger charge is -2.11. The molecule has 0 saturated heterocycles. The lowest BCUT2D eigenvalue weighted by atomic mass is 10.0. The summed E-state index contributed by atoms with van der Waals surface area (Å²) in [6.07, 6.45) is 8.24. The van der Waals surface area contributed by atoms with Gasteiger partial charge in [0.25, 0.3) is 0 Å². The predicted molar refractivity (Wildman–Crippen MR) is 47.7 cm³/mol. The predicted octanol–water partition coefficient (Wildman–Crippen LogP) is 2.19. The van der Waals surface area contributed by atoms with E-state index in [1.807, 2.05) is 0 Å². The van der Waals surface area contributed by atoms with Crippen LogP contribution in [-0.4, -0.2) is 11.2 Å². The lowest BCUT2D eigenvalue weighted by Crippen LogP contribution is -2.13. The van der Waals surface area contributed by atoms with Gasteiger partial charge in [-0.05, 0) is 42.9 Å². The molecular formula is C11H18O. The van der Waals surface area contributed by atoms with Crippen LogP contribution >= 0.6 is 0 Å². The lowest BCUT2D eigenvalue weighted by molar-refractivity contribution is 0.120. The molecule has 0 bridgehead atoms. The van der Waals surface area contributed by atoms with Gasteiger partial charge in [-0.15, -0.1) is 0 Å². The molecule has 0 aliphatic heterocycles. The Bertz CT molecular complexity index is 175. The van der Waals surface area contributed by atoms with Crippen molar-refractivity contribution in [1.82, 2.24) is 0 Å². The van der Waals surface area contributed by atoms with Crippen LogP contribution in [0.4, 0.5) is 0 Å². The standard InChI is InChI=1S/C11H18O/c12-10(6-7-4-5-7)11-8-2-1-3-9(8)11/h7-12H,1-6H2. The van der Waals surface area contributed by atoms with Gasteiger partial charge in [0.1, 0.15) is 0 Å². The van der Waals surface area contributed by atoms with Crippen LogP contribution in [0.25, 0.3) is 0 Å². The summed E-state index contributed by atoms with van der Waals surface area (Å²) in [5, 5.41) is 9.91. The van der Waals surface area contributed by atoms with Gasteiger partial charge in [-0.1, -0.05) is 19.3 Å². The zero-order valence-electron chi connectivity index (χ0n) is 7.58. The third kappa shape index (κ3) is 1.10. The van der Waals surface area contributed by atoms with Crippen molar-refractivity contribution in [2.75, 3.05) is 0 Å². The molecule has 0 aromatic carbocycles. The van der Waals surface area contributed by atoms with Crippen LogP contribution in [0.5, 0.6) is 0 Å². The first-order valence-corrected chi connectivity index (χ1v) is 5.54. The van der Waals surface area contributed by atoms with Crippen molar-refractivity contribution in [2.24, 2.45) is 23.7 Å². The summed E-state index contributed by atoms with van der Waals surface area (Å²) in [6, 6.07) is 0. The van der Waals surface area contributed by atoms with E-state index in [0.717, 1.165) is 30.1 Å². The molecule has 3 unspecified atom stereocenters. The van der Waals surface area contributed by atoms with Crippen LogP contribution in [0, 0.1) is 23.7 Å². The molecule has 12 heavy (non-hydrogen) atoms. The normalized spacial score (nSPS) is 47.2. The number of aliphatic hydroxyl groups excluding tert-OH is 1. The van der Waals surface area contributed by atoms with Crippen LogP contribution in [0.2, 0.25) is 0 Å². The summed E-state index contributed by atoms with van der Waals surface area (Å²) < 4.78 is 0. The van der Waals surface area contributed by atoms with Crippen LogP contribution in [-0.2, 0) is 0 Å². The summed E-state index contributed by atoms with van der Waals surface area (Å²) in [7, 11) is 0. The molecule has 3 fully saturated rings. The molecule has 1 heteroatoms. The SMILES string of the molecule is OC(CC1CC1)C1C2CCCC21. The van der Waals surface area contributed by atoms with Crippen molar-refractivity contribution in [1.29, 1.82) is 0 Å². The fourth-order valence-electron chi connectivity index (χ4n) is 3.30. The fourth-order valence-corrected chi connectivity index (χ4v) is 3.30. The van der Waals surface area contributed by atoms with Crippen molar-refractivity contribution in [3.8, 4) is 0 Å². The minimum Gasteiger partial charge on any atom is -0.393 e. The molecule has 68 valence electrons. The number of hydrogen-bond acceptors (Lipinski definition) is 1. The first-order chi connectivity index (χ1) is 5.86. The zero-order chi connectivity index (χ0) is 8.13. The second-order valence-electron chi connectivity index (χ2n) is 5.08. The smallest absolute Gasteiger partial charge is 0.0576 e. The van der Waals surface area contributed by atoms with Crippen molar-refractivity contribution < 1.29 is 5.11 Å². The minimum atomic E-state index is 0.0767. The number of rotatable bonds is 3. The summed E-state index contributed by atoms with van der Waals surface area (Å²) in [5.74, 6) is 3.53. The molecule has 0 spiro atoms. The molecule has 3 rings (SSSR count). The highest BCUT2D eigenvalue weighted by atomic mass is 16.3. The summed E-state index contributed by atoms with van der Waals surface area (Å²) in [4.78, 5) is 0. The van der Waals surface area contributed by atoms with E-state index < -0.39 is 0 Å². The molecule has 0 aromatic heterocycles. The first kappa shape index (κ1) is 7.37. The number of aliphatic hydroxyl groups is 1. The van der Waals surface area contributed by atoms with Gasteiger partial charge in [-0.2, -0.15) is 0 Å². The molecule has 3 aliphatic rings. The third-order valence-corrected chi connectivity index (χ3v) is 4.19. The number of hydrogen-bond donors (Lipinski definition) is 1. The molecule has 3 saturated carbocycles. The first-order valence-electron chi connectivity index (χ1n) is 5.54. The Labute approximate surface area is 74.2 Å². The molecule has 1 nitrogen and oxygen atoms in total. The van der Waals surface area contributed by atoms with Gasteiger partial charge >= 0.3 is 0 Å². The highest BCUT2D eigenvalue weighted by molar-refractivity contribution is 5.04. The Morgan fingerprint density at radius 2 is 1.75 bits per heavy atom. The highest BCUT2D eigenvalue weighted by Gasteiger charge is 2.55. The Kier molecular flexibility index (Phi) is 1.52. The molecule has 3 atom stereocenters. The van der Waals surface area contributed by atoms with Gasteiger partial charge in [0.05, 0.1) is 6.10 Å². The molecule has 0 aromatic rings. The van der Waals surface area contributed by atoms with Gasteiger partial charge < -0.3 is 5.11 Å². The fraction of sp³-hybridized carbons (Fsp3) is 1.00. The quantitative estimate of drug-likeness (QED) is 0.681. The van der Waals surface area contributed by atoms with Crippen molar-refractivity contribution in [3.63, 3.8) is 0 Å². The van der Waals surface area contributed by atoms with Gasteiger partial charge in [0, 0.05) is 0 Å². The maximum Gasteiger partial charge on any atom is 0.0576 e. The maximum absolute atomic E-state index is 9.91. The van der Waals surface area contributed by atoms with E-state index in [2.05, 4.69) is 0 Å². The topological polar surface area (TPSA) is 20.2 Å². The van der Waals surface area contributed by atoms with E-state index in [1.54, 1.807) is 0 Å². The summed E-state index contributed by atoms with van der Waals surface area (Å²) in [6.45, 7) is 0. The van der Waals surface area contributed by atoms with Gasteiger partial charge in [0.15, 0.2) is 0 Å². The van der Waals surface area contributed by atoms with Crippen LogP contribution < -0.4 is 0 Å². The summed E-state index contributed by atoms with van der Waals surface area (Å²) in [5.41, 5.74) is 0. The Balaban J connectivity index is 1.53. The monoisotopic (exact) mass is 166 g/mol. The van der Waals surface area contributed by atoms with E-state index >= 15 is 0 Å². The zero-order valence-corrected chi connectivity index (χ0v) is 7.58. The van der Waals surface area contributed by atoms with E-state index in [1.165, 1.54) is 32.1 Å². The highest BCUT2D eigenvalue weighted by Crippen LogP contribution is 2.60. The largest absolute Gasteiger partial charge is 0.393 e. The second kappa shape index (κ2) is 2.47. The van der Waals surface area contributed by atoms with Crippen LogP contribution in [0.3, 0.4) is 0 Å². The molecule has 0 heterocycles. The summed E-state index contributed by atoms with van der Waals surface area (Å²) >= 11 is 0. The van der Waals surface area contributed by atoms with E-state index in [4.69, 9.17) is 0 Å². The maximum atomic E-state index is 9.91. The Morgan fingerprint density at radius 1 is 1.08 bits per heavy atom. The third-order valence-electron chi connectivity index (χ3n) is 4.19. The van der Waals surface area contributed by atoms with Crippen molar-refractivity contribution in [3.05, 3.63) is 0 Å². The molecule has 0 radical (unpaired) electrons. The molecule has 3 aliphatic carbocycles. The average molecular weight is 166 g/mol. The van der Waals surface area contributed by atoms with E-state index in [9.17, 15) is 5.11 Å². The van der Waals surface area contributed by atoms with Crippen LogP contribution in [0.15, 0.2) is 0 Å². The van der Waals surface area contributed by atoms with Gasteiger partial charge in [-0.25, -0.2) is 0 Å². The van der Waals surface area contributed by atoms with Crippen molar-refractivity contribution >= 4 is 0 Å². The molecular weight excluding hydrogens is 148 g/mol. The van der Waals surface area contributed by atoms with E-state index in [-0.39, 0.29) is 6.10 Å². The average Bonchev–Trinajstić information content (AvgIpc) is 2.94. The van der Waals surface area contributed by atoms with Gasteiger partial charge in [-0.3, -0.25) is 0 Å². The van der Waals surface area contributed by atoms with Crippen LogP contribution in [0.1, 0.15) is 38.5 Å². The Morgan fingerprint density at radius 3 is 2.33 bits per heavy atom. The molecule has 0 amide bonds. The second-order valence-corrected chi connectivity index (χ2v) is 5.08.